The third-order valence-corrected chi connectivity index (χ3v) is 1.90. The van der Waals surface area contributed by atoms with Gasteiger partial charge in [-0.2, -0.15) is 0 Å². The fraction of sp³-hybridized carbons (Fsp3) is 1.00. The minimum absolute atomic E-state index is 0.0374. The van der Waals surface area contributed by atoms with Gasteiger partial charge in [0.05, 0.1) is 6.54 Å². The molecule has 1 saturated heterocycles. The molecule has 0 saturated carbocycles. The Kier molecular flexibility index (Phi) is 2.60. The van der Waals surface area contributed by atoms with Gasteiger partial charge in [0.15, 0.2) is 0 Å². The second-order valence-electron chi connectivity index (χ2n) is 3.04. The molecule has 3 heteroatoms. The summed E-state index contributed by atoms with van der Waals surface area (Å²) >= 11 is 0. The summed E-state index contributed by atoms with van der Waals surface area (Å²) in [6.07, 6.45) is -1.09. The molecule has 0 amide bonds. The third kappa shape index (κ3) is 2.21. The highest BCUT2D eigenvalue weighted by Gasteiger charge is 2.20. The molecule has 1 unspecified atom stereocenters. The maximum atomic E-state index is 11.8. The van der Waals surface area contributed by atoms with Crippen LogP contribution in [0.5, 0.6) is 0 Å². The molecule has 0 aromatic rings. The first-order chi connectivity index (χ1) is 4.68. The predicted molar refractivity (Wildman–Crippen MR) is 36.2 cm³/mol. The molecule has 1 rings (SSSR count). The van der Waals surface area contributed by atoms with Crippen molar-refractivity contribution >= 4 is 0 Å². The second-order valence-corrected chi connectivity index (χ2v) is 3.04. The number of hydrogen-bond donors (Lipinski definition) is 0. The lowest BCUT2D eigenvalue weighted by molar-refractivity contribution is 0.0983. The number of hydrogen-bond acceptors (Lipinski definition) is 1. The maximum absolute atomic E-state index is 11.8. The van der Waals surface area contributed by atoms with Gasteiger partial charge in [-0.3, -0.25) is 4.90 Å². The summed E-state index contributed by atoms with van der Waals surface area (Å²) in [4.78, 5) is 1.83. The van der Waals surface area contributed by atoms with E-state index in [2.05, 4.69) is 6.92 Å². The Labute approximate surface area is 60.0 Å². The summed E-state index contributed by atoms with van der Waals surface area (Å²) in [7, 11) is 0. The number of alkyl halides is 2. The van der Waals surface area contributed by atoms with Gasteiger partial charge in [0, 0.05) is 6.54 Å². The van der Waals surface area contributed by atoms with Crippen LogP contribution in [-0.4, -0.2) is 31.0 Å². The van der Waals surface area contributed by atoms with Crippen molar-refractivity contribution in [3.05, 3.63) is 0 Å². The van der Waals surface area contributed by atoms with Crippen molar-refractivity contribution in [2.45, 2.75) is 19.8 Å². The first kappa shape index (κ1) is 7.92. The molecule has 0 radical (unpaired) electrons. The monoisotopic (exact) mass is 149 g/mol. The van der Waals surface area contributed by atoms with E-state index in [-0.39, 0.29) is 6.54 Å². The van der Waals surface area contributed by atoms with E-state index in [1.165, 1.54) is 0 Å². The summed E-state index contributed by atoms with van der Waals surface area (Å²) in [5, 5.41) is 0. The van der Waals surface area contributed by atoms with Crippen LogP contribution >= 0.6 is 0 Å². The molecule has 0 bridgehead atoms. The topological polar surface area (TPSA) is 3.24 Å². The average Bonchev–Trinajstić information content (AvgIpc) is 2.13. The van der Waals surface area contributed by atoms with E-state index in [0.29, 0.717) is 5.92 Å². The van der Waals surface area contributed by atoms with Crippen molar-refractivity contribution in [3.8, 4) is 0 Å². The summed E-state index contributed by atoms with van der Waals surface area (Å²) in [5.41, 5.74) is 0. The lowest BCUT2D eigenvalue weighted by Crippen LogP contribution is -2.26. The molecule has 0 aromatic heterocycles. The van der Waals surface area contributed by atoms with E-state index < -0.39 is 6.43 Å². The zero-order chi connectivity index (χ0) is 7.56. The fourth-order valence-electron chi connectivity index (χ4n) is 1.39. The van der Waals surface area contributed by atoms with Gasteiger partial charge in [-0.15, -0.1) is 0 Å². The lowest BCUT2D eigenvalue weighted by atomic mass is 10.2. The molecule has 1 nitrogen and oxygen atoms in total. The number of halogens is 2. The van der Waals surface area contributed by atoms with Crippen LogP contribution in [-0.2, 0) is 0 Å². The Bertz CT molecular complexity index is 106. The molecule has 60 valence electrons. The van der Waals surface area contributed by atoms with Crippen LogP contribution in [0.4, 0.5) is 8.78 Å². The van der Waals surface area contributed by atoms with Crippen LogP contribution in [0, 0.1) is 5.92 Å². The number of rotatable bonds is 2. The predicted octanol–water partition coefficient (Wildman–Crippen LogP) is 1.59. The highest BCUT2D eigenvalue weighted by Crippen LogP contribution is 2.15. The molecule has 1 aliphatic rings. The zero-order valence-corrected chi connectivity index (χ0v) is 6.19. The van der Waals surface area contributed by atoms with Crippen LogP contribution in [0.3, 0.4) is 0 Å². The Balaban J connectivity index is 2.18. The van der Waals surface area contributed by atoms with E-state index in [0.717, 1.165) is 19.5 Å². The zero-order valence-electron chi connectivity index (χ0n) is 6.19. The van der Waals surface area contributed by atoms with Crippen molar-refractivity contribution in [1.29, 1.82) is 0 Å². The second kappa shape index (κ2) is 3.28. The van der Waals surface area contributed by atoms with Crippen molar-refractivity contribution in [3.63, 3.8) is 0 Å². The molecular formula is C7H13F2N. The normalized spacial score (nSPS) is 28.2. The van der Waals surface area contributed by atoms with Crippen LogP contribution < -0.4 is 0 Å². The largest absolute Gasteiger partial charge is 0.297 e. The SMILES string of the molecule is CC1CCN(CC(F)F)C1. The Morgan fingerprint density at radius 2 is 2.30 bits per heavy atom. The minimum atomic E-state index is -2.16. The molecular weight excluding hydrogens is 136 g/mol. The highest BCUT2D eigenvalue weighted by molar-refractivity contribution is 4.72. The van der Waals surface area contributed by atoms with Gasteiger partial charge in [0.25, 0.3) is 6.43 Å². The molecule has 0 aromatic carbocycles. The van der Waals surface area contributed by atoms with Gasteiger partial charge in [0.2, 0.25) is 0 Å². The maximum Gasteiger partial charge on any atom is 0.251 e. The van der Waals surface area contributed by atoms with E-state index in [4.69, 9.17) is 0 Å². The summed E-state index contributed by atoms with van der Waals surface area (Å²) in [6, 6.07) is 0. The van der Waals surface area contributed by atoms with Gasteiger partial charge in [-0.05, 0) is 18.9 Å². The highest BCUT2D eigenvalue weighted by atomic mass is 19.3. The summed E-state index contributed by atoms with van der Waals surface area (Å²) < 4.78 is 23.5. The van der Waals surface area contributed by atoms with Crippen LogP contribution in [0.1, 0.15) is 13.3 Å². The quantitative estimate of drug-likeness (QED) is 0.576. The van der Waals surface area contributed by atoms with Crippen LogP contribution in [0.25, 0.3) is 0 Å². The van der Waals surface area contributed by atoms with Crippen LogP contribution in [0.2, 0.25) is 0 Å². The first-order valence-electron chi connectivity index (χ1n) is 3.69. The molecule has 0 spiro atoms. The molecule has 1 atom stereocenters. The third-order valence-electron chi connectivity index (χ3n) is 1.90. The summed E-state index contributed by atoms with van der Waals surface area (Å²) in [6.45, 7) is 3.77. The smallest absolute Gasteiger partial charge is 0.251 e. The van der Waals surface area contributed by atoms with E-state index >= 15 is 0 Å². The molecule has 10 heavy (non-hydrogen) atoms. The van der Waals surface area contributed by atoms with Gasteiger partial charge < -0.3 is 0 Å². The standard InChI is InChI=1S/C7H13F2N/c1-6-2-3-10(4-6)5-7(8)9/h6-7H,2-5H2,1H3. The van der Waals surface area contributed by atoms with Gasteiger partial charge >= 0.3 is 0 Å². The summed E-state index contributed by atoms with van der Waals surface area (Å²) in [5.74, 6) is 0.610. The molecule has 1 aliphatic heterocycles. The Morgan fingerprint density at radius 3 is 2.70 bits per heavy atom. The van der Waals surface area contributed by atoms with E-state index in [1.54, 1.807) is 0 Å². The minimum Gasteiger partial charge on any atom is -0.297 e. The molecule has 0 N–H and O–H groups in total. The Morgan fingerprint density at radius 1 is 1.60 bits per heavy atom. The van der Waals surface area contributed by atoms with Crippen molar-refractivity contribution in [1.82, 2.24) is 4.90 Å². The lowest BCUT2D eigenvalue weighted by Gasteiger charge is -2.13. The Hall–Kier alpha value is -0.180. The molecule has 1 heterocycles. The van der Waals surface area contributed by atoms with E-state index in [9.17, 15) is 8.78 Å². The van der Waals surface area contributed by atoms with Crippen molar-refractivity contribution in [2.75, 3.05) is 19.6 Å². The van der Waals surface area contributed by atoms with Gasteiger partial charge in [-0.25, -0.2) is 8.78 Å². The van der Waals surface area contributed by atoms with Crippen LogP contribution in [0.15, 0.2) is 0 Å². The van der Waals surface area contributed by atoms with Gasteiger partial charge in [0.1, 0.15) is 0 Å². The number of likely N-dealkylation sites (tertiary alicyclic amines) is 1. The molecule has 0 aliphatic carbocycles. The fourth-order valence-corrected chi connectivity index (χ4v) is 1.39. The molecule has 1 fully saturated rings. The average molecular weight is 149 g/mol. The van der Waals surface area contributed by atoms with E-state index in [1.807, 2.05) is 4.90 Å². The number of nitrogens with zero attached hydrogens (tertiary/aromatic N) is 1. The van der Waals surface area contributed by atoms with Crippen molar-refractivity contribution in [2.24, 2.45) is 5.92 Å². The van der Waals surface area contributed by atoms with Gasteiger partial charge in [-0.1, -0.05) is 6.92 Å². The first-order valence-corrected chi connectivity index (χ1v) is 3.69. The van der Waals surface area contributed by atoms with Crippen molar-refractivity contribution < 1.29 is 8.78 Å².